The lowest BCUT2D eigenvalue weighted by Crippen LogP contribution is -1.92. The molecule has 0 aromatic heterocycles. The molecule has 3 heteroatoms. The van der Waals surface area contributed by atoms with Crippen molar-refractivity contribution >= 4 is 6.08 Å². The third-order valence-corrected chi connectivity index (χ3v) is 2.96. The van der Waals surface area contributed by atoms with E-state index in [1.54, 1.807) is 0 Å². The minimum atomic E-state index is 0.299. The molecule has 0 aliphatic carbocycles. The van der Waals surface area contributed by atoms with Crippen LogP contribution in [0.3, 0.4) is 0 Å². The van der Waals surface area contributed by atoms with Gasteiger partial charge in [0.2, 0.25) is 6.79 Å². The quantitative estimate of drug-likeness (QED) is 0.602. The summed E-state index contributed by atoms with van der Waals surface area (Å²) in [5, 5.41) is 8.65. The molecule has 0 radical (unpaired) electrons. The maximum Gasteiger partial charge on any atom is 0.231 e. The molecular formula is C16H20O3. The molecule has 1 aliphatic heterocycles. The highest BCUT2D eigenvalue weighted by Crippen LogP contribution is 2.32. The molecule has 0 amide bonds. The molecule has 1 aromatic rings. The molecule has 1 heterocycles. The SMILES string of the molecule is OCCCCC/C=C/C=C/c1ccc2c(c1)OCO2. The maximum absolute atomic E-state index is 8.65. The molecule has 0 saturated heterocycles. The fourth-order valence-electron chi connectivity index (χ4n) is 1.91. The van der Waals surface area contributed by atoms with Crippen LogP contribution in [0.5, 0.6) is 11.5 Å². The van der Waals surface area contributed by atoms with Gasteiger partial charge in [0.05, 0.1) is 0 Å². The van der Waals surface area contributed by atoms with Gasteiger partial charge in [-0.1, -0.05) is 36.8 Å². The van der Waals surface area contributed by atoms with Crippen molar-refractivity contribution in [1.29, 1.82) is 0 Å². The third kappa shape index (κ3) is 4.45. The number of hydrogen-bond donors (Lipinski definition) is 1. The summed E-state index contributed by atoms with van der Waals surface area (Å²) < 4.78 is 10.6. The van der Waals surface area contributed by atoms with Crippen molar-refractivity contribution in [3.05, 3.63) is 42.0 Å². The summed E-state index contributed by atoms with van der Waals surface area (Å²) in [7, 11) is 0. The minimum absolute atomic E-state index is 0.299. The summed E-state index contributed by atoms with van der Waals surface area (Å²) in [4.78, 5) is 0. The Hall–Kier alpha value is -1.74. The standard InChI is InChI=1S/C16H20O3/c17-11-7-5-3-1-2-4-6-8-14-9-10-15-16(12-14)19-13-18-15/h2,4,6,8-10,12,17H,1,3,5,7,11,13H2/b4-2+,8-6+. The lowest BCUT2D eigenvalue weighted by molar-refractivity contribution is 0.174. The molecule has 1 aliphatic rings. The zero-order chi connectivity index (χ0) is 13.3. The summed E-state index contributed by atoms with van der Waals surface area (Å²) in [6.07, 6.45) is 12.5. The Morgan fingerprint density at radius 1 is 1.05 bits per heavy atom. The van der Waals surface area contributed by atoms with Crippen LogP contribution in [0.1, 0.15) is 31.2 Å². The van der Waals surface area contributed by atoms with Crippen molar-refractivity contribution in [2.75, 3.05) is 13.4 Å². The molecule has 2 rings (SSSR count). The molecule has 19 heavy (non-hydrogen) atoms. The second-order valence-electron chi connectivity index (χ2n) is 4.47. The molecule has 1 aromatic carbocycles. The number of aliphatic hydroxyl groups excluding tert-OH is 1. The van der Waals surface area contributed by atoms with Crippen molar-refractivity contribution < 1.29 is 14.6 Å². The average molecular weight is 260 g/mol. The number of fused-ring (bicyclic) bond motifs is 1. The molecule has 0 unspecified atom stereocenters. The predicted molar refractivity (Wildman–Crippen MR) is 76.3 cm³/mol. The average Bonchev–Trinajstić information content (AvgIpc) is 2.89. The predicted octanol–water partition coefficient (Wildman–Crippen LogP) is 3.54. The normalized spacial score (nSPS) is 13.7. The number of allylic oxidation sites excluding steroid dienone is 3. The number of unbranched alkanes of at least 4 members (excludes halogenated alkanes) is 3. The van der Waals surface area contributed by atoms with Crippen molar-refractivity contribution in [1.82, 2.24) is 0 Å². The summed E-state index contributed by atoms with van der Waals surface area (Å²) in [5.74, 6) is 1.63. The van der Waals surface area contributed by atoms with E-state index in [2.05, 4.69) is 12.2 Å². The van der Waals surface area contributed by atoms with Crippen LogP contribution in [0.2, 0.25) is 0 Å². The van der Waals surface area contributed by atoms with Gasteiger partial charge in [-0.25, -0.2) is 0 Å². The van der Waals surface area contributed by atoms with Gasteiger partial charge in [0.15, 0.2) is 11.5 Å². The number of aliphatic hydroxyl groups is 1. The number of rotatable bonds is 7. The molecule has 0 spiro atoms. The summed E-state index contributed by atoms with van der Waals surface area (Å²) in [6, 6.07) is 5.92. The zero-order valence-electron chi connectivity index (χ0n) is 11.0. The first-order valence-electron chi connectivity index (χ1n) is 6.74. The van der Waals surface area contributed by atoms with Crippen molar-refractivity contribution in [3.63, 3.8) is 0 Å². The third-order valence-electron chi connectivity index (χ3n) is 2.96. The second kappa shape index (κ2) is 7.64. The lowest BCUT2D eigenvalue weighted by Gasteiger charge is -1.96. The van der Waals surface area contributed by atoms with E-state index in [4.69, 9.17) is 14.6 Å². The van der Waals surface area contributed by atoms with Crippen molar-refractivity contribution in [2.24, 2.45) is 0 Å². The van der Waals surface area contributed by atoms with Crippen LogP contribution < -0.4 is 9.47 Å². The van der Waals surface area contributed by atoms with Gasteiger partial charge in [-0.2, -0.15) is 0 Å². The van der Waals surface area contributed by atoms with E-state index in [1.807, 2.05) is 30.4 Å². The smallest absolute Gasteiger partial charge is 0.231 e. The fourth-order valence-corrected chi connectivity index (χ4v) is 1.91. The molecule has 0 saturated carbocycles. The number of hydrogen-bond acceptors (Lipinski definition) is 3. The Morgan fingerprint density at radius 2 is 1.95 bits per heavy atom. The first-order chi connectivity index (χ1) is 9.40. The molecule has 0 fully saturated rings. The van der Waals surface area contributed by atoms with Gasteiger partial charge >= 0.3 is 0 Å². The first-order valence-corrected chi connectivity index (χ1v) is 6.74. The van der Waals surface area contributed by atoms with E-state index in [0.717, 1.165) is 42.7 Å². The minimum Gasteiger partial charge on any atom is -0.454 e. The highest BCUT2D eigenvalue weighted by atomic mass is 16.7. The lowest BCUT2D eigenvalue weighted by atomic mass is 10.1. The van der Waals surface area contributed by atoms with E-state index in [0.29, 0.717) is 13.4 Å². The van der Waals surface area contributed by atoms with Crippen LogP contribution in [0.4, 0.5) is 0 Å². The van der Waals surface area contributed by atoms with Crippen molar-refractivity contribution in [3.8, 4) is 11.5 Å². The zero-order valence-corrected chi connectivity index (χ0v) is 11.0. The Bertz CT molecular complexity index is 449. The van der Waals surface area contributed by atoms with E-state index in [-0.39, 0.29) is 0 Å². The molecule has 0 atom stereocenters. The van der Waals surface area contributed by atoms with Gasteiger partial charge in [-0.05, 0) is 37.0 Å². The van der Waals surface area contributed by atoms with E-state index < -0.39 is 0 Å². The Morgan fingerprint density at radius 3 is 2.84 bits per heavy atom. The molecule has 102 valence electrons. The van der Waals surface area contributed by atoms with E-state index in [1.165, 1.54) is 0 Å². The van der Waals surface area contributed by atoms with Crippen LogP contribution in [-0.4, -0.2) is 18.5 Å². The Labute approximate surface area is 114 Å². The van der Waals surface area contributed by atoms with E-state index >= 15 is 0 Å². The summed E-state index contributed by atoms with van der Waals surface area (Å²) >= 11 is 0. The topological polar surface area (TPSA) is 38.7 Å². The summed E-state index contributed by atoms with van der Waals surface area (Å²) in [5.41, 5.74) is 1.11. The Kier molecular flexibility index (Phi) is 5.50. The number of ether oxygens (including phenoxy) is 2. The van der Waals surface area contributed by atoms with Gasteiger partial charge in [-0.15, -0.1) is 0 Å². The highest BCUT2D eigenvalue weighted by molar-refractivity contribution is 5.57. The van der Waals surface area contributed by atoms with Gasteiger partial charge in [-0.3, -0.25) is 0 Å². The van der Waals surface area contributed by atoms with Gasteiger partial charge in [0, 0.05) is 6.61 Å². The largest absolute Gasteiger partial charge is 0.454 e. The first kappa shape index (κ1) is 13.7. The fraction of sp³-hybridized carbons (Fsp3) is 0.375. The molecule has 1 N–H and O–H groups in total. The van der Waals surface area contributed by atoms with Crippen LogP contribution >= 0.6 is 0 Å². The maximum atomic E-state index is 8.65. The summed E-state index contributed by atoms with van der Waals surface area (Å²) in [6.45, 7) is 0.615. The molecule has 0 bridgehead atoms. The Balaban J connectivity index is 1.74. The van der Waals surface area contributed by atoms with Crippen LogP contribution in [-0.2, 0) is 0 Å². The molecule has 3 nitrogen and oxygen atoms in total. The van der Waals surface area contributed by atoms with Gasteiger partial charge in [0.25, 0.3) is 0 Å². The highest BCUT2D eigenvalue weighted by Gasteiger charge is 2.11. The number of benzene rings is 1. The second-order valence-corrected chi connectivity index (χ2v) is 4.47. The molecular weight excluding hydrogens is 240 g/mol. The van der Waals surface area contributed by atoms with Gasteiger partial charge < -0.3 is 14.6 Å². The van der Waals surface area contributed by atoms with Crippen molar-refractivity contribution in [2.45, 2.75) is 25.7 Å². The van der Waals surface area contributed by atoms with Gasteiger partial charge in [0.1, 0.15) is 0 Å². The van der Waals surface area contributed by atoms with Crippen LogP contribution in [0, 0.1) is 0 Å². The van der Waals surface area contributed by atoms with Crippen LogP contribution in [0.15, 0.2) is 36.4 Å². The monoisotopic (exact) mass is 260 g/mol. The van der Waals surface area contributed by atoms with Crippen LogP contribution in [0.25, 0.3) is 6.08 Å². The van der Waals surface area contributed by atoms with E-state index in [9.17, 15) is 0 Å².